The zero-order chi connectivity index (χ0) is 17.1. The van der Waals surface area contributed by atoms with Gasteiger partial charge in [0.2, 0.25) is 11.8 Å². The molecule has 0 saturated heterocycles. The maximum Gasteiger partial charge on any atom is 0.247 e. The van der Waals surface area contributed by atoms with Crippen molar-refractivity contribution in [1.82, 2.24) is 10.2 Å². The van der Waals surface area contributed by atoms with E-state index in [-0.39, 0.29) is 11.8 Å². The van der Waals surface area contributed by atoms with Gasteiger partial charge in [-0.25, -0.2) is 0 Å². The highest BCUT2D eigenvalue weighted by molar-refractivity contribution is 5.92. The van der Waals surface area contributed by atoms with Crippen LogP contribution in [0.3, 0.4) is 0 Å². The fourth-order valence-electron chi connectivity index (χ4n) is 3.17. The van der Waals surface area contributed by atoms with Crippen molar-refractivity contribution in [2.45, 2.75) is 32.9 Å². The van der Waals surface area contributed by atoms with E-state index in [9.17, 15) is 9.59 Å². The van der Waals surface area contributed by atoms with Crippen molar-refractivity contribution in [2.75, 3.05) is 6.54 Å². The van der Waals surface area contributed by atoms with Crippen molar-refractivity contribution in [3.8, 4) is 0 Å². The van der Waals surface area contributed by atoms with Gasteiger partial charge in [-0.3, -0.25) is 9.59 Å². The third-order valence-corrected chi connectivity index (χ3v) is 4.50. The largest absolute Gasteiger partial charge is 0.350 e. The molecule has 4 heteroatoms. The summed E-state index contributed by atoms with van der Waals surface area (Å²) in [5.74, 6) is -0.121. The van der Waals surface area contributed by atoms with Crippen LogP contribution < -0.4 is 5.32 Å². The van der Waals surface area contributed by atoms with Crippen LogP contribution in [-0.4, -0.2) is 23.3 Å². The Morgan fingerprint density at radius 3 is 2.58 bits per heavy atom. The van der Waals surface area contributed by atoms with E-state index in [1.807, 2.05) is 62.4 Å². The second-order valence-corrected chi connectivity index (χ2v) is 6.16. The Hall–Kier alpha value is -2.62. The Labute approximate surface area is 142 Å². The average molecular weight is 322 g/mol. The van der Waals surface area contributed by atoms with Gasteiger partial charge < -0.3 is 10.2 Å². The first kappa shape index (κ1) is 16.2. The van der Waals surface area contributed by atoms with Crippen LogP contribution in [0.15, 0.2) is 48.5 Å². The fourth-order valence-corrected chi connectivity index (χ4v) is 3.17. The molecule has 0 aliphatic carbocycles. The normalized spacial score (nSPS) is 16.7. The lowest BCUT2D eigenvalue weighted by molar-refractivity contribution is -0.141. The van der Waals surface area contributed by atoms with Gasteiger partial charge in [0.15, 0.2) is 0 Å². The SMILES string of the molecule is CCN1C(=O)Cc2ccccc2C1C(=O)NCc1ccc(C)cc1. The number of carbonyl (C=O) groups is 2. The van der Waals surface area contributed by atoms with Crippen molar-refractivity contribution in [2.24, 2.45) is 0 Å². The van der Waals surface area contributed by atoms with E-state index in [2.05, 4.69) is 5.32 Å². The summed E-state index contributed by atoms with van der Waals surface area (Å²) in [6.07, 6.45) is 0.367. The summed E-state index contributed by atoms with van der Waals surface area (Å²) in [6, 6.07) is 15.2. The number of fused-ring (bicyclic) bond motifs is 1. The van der Waals surface area contributed by atoms with E-state index >= 15 is 0 Å². The summed E-state index contributed by atoms with van der Waals surface area (Å²) < 4.78 is 0. The fraction of sp³-hybridized carbons (Fsp3) is 0.300. The number of benzene rings is 2. The van der Waals surface area contributed by atoms with E-state index in [4.69, 9.17) is 0 Å². The summed E-state index contributed by atoms with van der Waals surface area (Å²) in [6.45, 7) is 4.93. The number of hydrogen-bond donors (Lipinski definition) is 1. The summed E-state index contributed by atoms with van der Waals surface area (Å²) in [5, 5.41) is 2.98. The smallest absolute Gasteiger partial charge is 0.247 e. The first-order valence-corrected chi connectivity index (χ1v) is 8.30. The molecule has 2 aromatic rings. The van der Waals surface area contributed by atoms with E-state index in [1.54, 1.807) is 4.90 Å². The molecule has 0 fully saturated rings. The molecule has 0 bridgehead atoms. The van der Waals surface area contributed by atoms with Crippen molar-refractivity contribution in [1.29, 1.82) is 0 Å². The molecular formula is C20H22N2O2. The standard InChI is InChI=1S/C20H22N2O2/c1-3-22-18(23)12-16-6-4-5-7-17(16)19(22)20(24)21-13-15-10-8-14(2)9-11-15/h4-11,19H,3,12-13H2,1-2H3,(H,21,24). The van der Waals surface area contributed by atoms with Gasteiger partial charge in [-0.2, -0.15) is 0 Å². The molecule has 24 heavy (non-hydrogen) atoms. The van der Waals surface area contributed by atoms with Gasteiger partial charge in [0, 0.05) is 13.1 Å². The number of aryl methyl sites for hydroxylation is 1. The van der Waals surface area contributed by atoms with Crippen molar-refractivity contribution < 1.29 is 9.59 Å². The van der Waals surface area contributed by atoms with Crippen LogP contribution in [-0.2, 0) is 22.6 Å². The van der Waals surface area contributed by atoms with Crippen molar-refractivity contribution in [3.05, 3.63) is 70.8 Å². The van der Waals surface area contributed by atoms with Crippen LogP contribution >= 0.6 is 0 Å². The summed E-state index contributed by atoms with van der Waals surface area (Å²) in [5.41, 5.74) is 4.12. The molecule has 2 aromatic carbocycles. The van der Waals surface area contributed by atoms with Gasteiger partial charge in [0.25, 0.3) is 0 Å². The van der Waals surface area contributed by atoms with Gasteiger partial charge >= 0.3 is 0 Å². The number of nitrogens with one attached hydrogen (secondary N) is 1. The molecule has 0 spiro atoms. The molecule has 0 aromatic heterocycles. The first-order valence-electron chi connectivity index (χ1n) is 8.30. The maximum absolute atomic E-state index is 12.8. The molecule has 1 N–H and O–H groups in total. The third kappa shape index (κ3) is 3.18. The van der Waals surface area contributed by atoms with Crippen LogP contribution in [0.5, 0.6) is 0 Å². The predicted octanol–water partition coefficient (Wildman–Crippen LogP) is 2.76. The summed E-state index contributed by atoms with van der Waals surface area (Å²) >= 11 is 0. The Morgan fingerprint density at radius 2 is 1.88 bits per heavy atom. The Bertz CT molecular complexity index is 752. The minimum absolute atomic E-state index is 0.00619. The monoisotopic (exact) mass is 322 g/mol. The van der Waals surface area contributed by atoms with Crippen molar-refractivity contribution in [3.63, 3.8) is 0 Å². The Balaban J connectivity index is 1.81. The number of amides is 2. The zero-order valence-corrected chi connectivity index (χ0v) is 14.1. The van der Waals surface area contributed by atoms with Crippen LogP contribution in [0.25, 0.3) is 0 Å². The van der Waals surface area contributed by atoms with E-state index in [0.717, 1.165) is 16.7 Å². The molecular weight excluding hydrogens is 300 g/mol. The minimum atomic E-state index is -0.544. The Morgan fingerprint density at radius 1 is 1.17 bits per heavy atom. The number of nitrogens with zero attached hydrogens (tertiary/aromatic N) is 1. The molecule has 2 amide bonds. The molecule has 124 valence electrons. The van der Waals surface area contributed by atoms with Crippen LogP contribution in [0.4, 0.5) is 0 Å². The van der Waals surface area contributed by atoms with Crippen LogP contribution in [0.2, 0.25) is 0 Å². The molecule has 3 rings (SSSR count). The van der Waals surface area contributed by atoms with E-state index in [1.165, 1.54) is 5.56 Å². The molecule has 1 aliphatic rings. The van der Waals surface area contributed by atoms with Crippen LogP contribution in [0.1, 0.15) is 35.2 Å². The lowest BCUT2D eigenvalue weighted by Gasteiger charge is -2.35. The second kappa shape index (κ2) is 6.87. The highest BCUT2D eigenvalue weighted by atomic mass is 16.2. The number of rotatable bonds is 4. The average Bonchev–Trinajstić information content (AvgIpc) is 2.59. The zero-order valence-electron chi connectivity index (χ0n) is 14.1. The van der Waals surface area contributed by atoms with E-state index < -0.39 is 6.04 Å². The maximum atomic E-state index is 12.8. The van der Waals surface area contributed by atoms with Crippen molar-refractivity contribution >= 4 is 11.8 Å². The van der Waals surface area contributed by atoms with Gasteiger partial charge in [0.1, 0.15) is 6.04 Å². The van der Waals surface area contributed by atoms with Gasteiger partial charge in [-0.1, -0.05) is 54.1 Å². The summed E-state index contributed by atoms with van der Waals surface area (Å²) in [4.78, 5) is 26.8. The highest BCUT2D eigenvalue weighted by Gasteiger charge is 2.35. The first-order chi connectivity index (χ1) is 11.6. The molecule has 1 unspecified atom stereocenters. The second-order valence-electron chi connectivity index (χ2n) is 6.16. The quantitative estimate of drug-likeness (QED) is 0.941. The van der Waals surface area contributed by atoms with Gasteiger partial charge in [0.05, 0.1) is 6.42 Å². The minimum Gasteiger partial charge on any atom is -0.350 e. The number of likely N-dealkylation sites (N-methyl/N-ethyl adjacent to an activating group) is 1. The molecule has 0 saturated carbocycles. The third-order valence-electron chi connectivity index (χ3n) is 4.50. The topological polar surface area (TPSA) is 49.4 Å². The molecule has 0 radical (unpaired) electrons. The van der Waals surface area contributed by atoms with Gasteiger partial charge in [-0.05, 0) is 30.5 Å². The van der Waals surface area contributed by atoms with E-state index in [0.29, 0.717) is 19.5 Å². The predicted molar refractivity (Wildman–Crippen MR) is 93.3 cm³/mol. The lowest BCUT2D eigenvalue weighted by Crippen LogP contribution is -2.47. The van der Waals surface area contributed by atoms with Gasteiger partial charge in [-0.15, -0.1) is 0 Å². The lowest BCUT2D eigenvalue weighted by atomic mass is 9.91. The highest BCUT2D eigenvalue weighted by Crippen LogP contribution is 2.30. The summed E-state index contributed by atoms with van der Waals surface area (Å²) in [7, 11) is 0. The molecule has 1 heterocycles. The molecule has 4 nitrogen and oxygen atoms in total. The molecule has 1 aliphatic heterocycles. The Kier molecular flexibility index (Phi) is 4.65. The number of hydrogen-bond acceptors (Lipinski definition) is 2. The molecule has 1 atom stereocenters. The number of carbonyl (C=O) groups excluding carboxylic acids is 2. The van der Waals surface area contributed by atoms with Crippen LogP contribution in [0, 0.1) is 6.92 Å².